The number of nitrogen functional groups attached to an aromatic ring is 1. The molecule has 9 rings (SSSR count). The fourth-order valence-corrected chi connectivity index (χ4v) is 8.66. The molecular weight excluding hydrogens is 611 g/mol. The molecule has 5 atom stereocenters. The number of thiocarbonyl (C=S) groups is 1. The molecule has 0 aliphatic carbocycles. The fourth-order valence-electron chi connectivity index (χ4n) is 8.43. The van der Waals surface area contributed by atoms with Crippen molar-refractivity contribution >= 4 is 61.2 Å². The van der Waals surface area contributed by atoms with Crippen molar-refractivity contribution in [2.45, 2.75) is 38.3 Å². The van der Waals surface area contributed by atoms with E-state index in [-0.39, 0.29) is 6.04 Å². The number of nitrogens with zero attached hydrogens (tertiary/aromatic N) is 2. The third-order valence-electron chi connectivity index (χ3n) is 10.8. The monoisotopic (exact) mass is 651 g/mol. The van der Waals surface area contributed by atoms with Crippen LogP contribution in [0.15, 0.2) is 103 Å². The van der Waals surface area contributed by atoms with Gasteiger partial charge in [0.15, 0.2) is 5.11 Å². The van der Waals surface area contributed by atoms with E-state index in [9.17, 15) is 0 Å². The number of hydrogen-bond acceptors (Lipinski definition) is 5. The van der Waals surface area contributed by atoms with Crippen LogP contribution in [0.5, 0.6) is 5.75 Å². The van der Waals surface area contributed by atoms with Gasteiger partial charge in [-0.05, 0) is 107 Å². The van der Waals surface area contributed by atoms with Crippen molar-refractivity contribution in [3.63, 3.8) is 0 Å². The number of ether oxygens (including phenoxy) is 1. The molecule has 0 spiro atoms. The number of fused-ring (bicyclic) bond motifs is 6. The van der Waals surface area contributed by atoms with Crippen LogP contribution in [0, 0.1) is 11.8 Å². The number of nitrogens with two attached hydrogens (primary N) is 1. The van der Waals surface area contributed by atoms with E-state index in [0.29, 0.717) is 11.2 Å². The van der Waals surface area contributed by atoms with E-state index in [1.54, 1.807) is 7.11 Å². The number of piperidine rings is 3. The van der Waals surface area contributed by atoms with Gasteiger partial charge >= 0.3 is 0 Å². The lowest BCUT2D eigenvalue weighted by molar-refractivity contribution is -0.0132. The van der Waals surface area contributed by atoms with Gasteiger partial charge < -0.3 is 21.1 Å². The summed E-state index contributed by atoms with van der Waals surface area (Å²) < 4.78 is 5.66. The van der Waals surface area contributed by atoms with Crippen LogP contribution in [-0.2, 0) is 0 Å². The van der Waals surface area contributed by atoms with Gasteiger partial charge in [0.05, 0.1) is 18.7 Å². The minimum atomic E-state index is -0.0465. The normalized spacial score (nSPS) is 21.0. The summed E-state index contributed by atoms with van der Waals surface area (Å²) in [6.45, 7) is 4.58. The molecule has 0 amide bonds. The number of hydrogen-bond donors (Lipinski definition) is 3. The summed E-state index contributed by atoms with van der Waals surface area (Å²) >= 11 is 6.23. The molecule has 5 aromatic carbocycles. The Bertz CT molecular complexity index is 2170. The van der Waals surface area contributed by atoms with Crippen LogP contribution >= 0.6 is 12.2 Å². The third kappa shape index (κ3) is 5.41. The van der Waals surface area contributed by atoms with E-state index in [2.05, 4.69) is 101 Å². The van der Waals surface area contributed by atoms with Crippen LogP contribution in [0.4, 0.5) is 11.4 Å². The van der Waals surface area contributed by atoms with Gasteiger partial charge in [-0.2, -0.15) is 0 Å². The maximum Gasteiger partial charge on any atom is 0.171 e. The maximum atomic E-state index is 6.80. The molecule has 3 aliphatic heterocycles. The zero-order valence-corrected chi connectivity index (χ0v) is 28.3. The summed E-state index contributed by atoms with van der Waals surface area (Å²) in [4.78, 5) is 7.41. The van der Waals surface area contributed by atoms with E-state index < -0.39 is 0 Å². The zero-order chi connectivity index (χ0) is 32.8. The largest absolute Gasteiger partial charge is 0.497 e. The highest BCUT2D eigenvalue weighted by atomic mass is 32.1. The number of benzene rings is 5. The minimum absolute atomic E-state index is 0.0465. The fraction of sp³-hybridized carbons (Fsp3) is 0.268. The summed E-state index contributed by atoms with van der Waals surface area (Å²) in [6.07, 6.45) is 5.55. The molecule has 3 saturated heterocycles. The summed E-state index contributed by atoms with van der Waals surface area (Å²) in [5.74, 6) is 2.29. The Kier molecular flexibility index (Phi) is 8.11. The molecule has 2 bridgehead atoms. The summed E-state index contributed by atoms with van der Waals surface area (Å²) in [5.41, 5.74) is 12.7. The molecule has 1 aromatic heterocycles. The van der Waals surface area contributed by atoms with E-state index in [4.69, 9.17) is 27.7 Å². The van der Waals surface area contributed by atoms with E-state index >= 15 is 0 Å². The number of pyridine rings is 1. The first-order valence-corrected chi connectivity index (χ1v) is 17.5. The van der Waals surface area contributed by atoms with Crippen molar-refractivity contribution in [1.29, 1.82) is 0 Å². The number of anilines is 2. The number of methoxy groups -OCH3 is 1. The van der Waals surface area contributed by atoms with Gasteiger partial charge in [0.2, 0.25) is 0 Å². The molecule has 4 heterocycles. The van der Waals surface area contributed by atoms with Gasteiger partial charge in [0, 0.05) is 46.7 Å². The van der Waals surface area contributed by atoms with Crippen LogP contribution < -0.4 is 21.1 Å². The SMILES string of the molecule is CC[C@@H]1CN2CC[C@H]1C[C@H]2[C@@H](NC(=S)Nc1ccc2ccccc2c1-c1c(N)ccc2ccccc12)c1ccnc2ccc(OC)cc12. The van der Waals surface area contributed by atoms with Crippen molar-refractivity contribution in [1.82, 2.24) is 15.2 Å². The molecule has 4 N–H and O–H groups in total. The Hall–Kier alpha value is -4.72. The lowest BCUT2D eigenvalue weighted by atomic mass is 9.72. The Morgan fingerprint density at radius 1 is 0.938 bits per heavy atom. The topological polar surface area (TPSA) is 75.4 Å². The van der Waals surface area contributed by atoms with Crippen LogP contribution in [0.1, 0.15) is 37.8 Å². The number of aromatic nitrogens is 1. The molecule has 48 heavy (non-hydrogen) atoms. The smallest absolute Gasteiger partial charge is 0.171 e. The average molecular weight is 652 g/mol. The predicted molar refractivity (Wildman–Crippen MR) is 204 cm³/mol. The van der Waals surface area contributed by atoms with E-state index in [1.807, 2.05) is 24.4 Å². The number of rotatable bonds is 7. The minimum Gasteiger partial charge on any atom is -0.497 e. The second kappa shape index (κ2) is 12.7. The highest BCUT2D eigenvalue weighted by molar-refractivity contribution is 7.80. The van der Waals surface area contributed by atoms with Crippen molar-refractivity contribution < 1.29 is 4.74 Å². The highest BCUT2D eigenvalue weighted by Gasteiger charge is 2.43. The van der Waals surface area contributed by atoms with Crippen LogP contribution in [0.2, 0.25) is 0 Å². The lowest BCUT2D eigenvalue weighted by Gasteiger charge is -2.52. The second-order valence-electron chi connectivity index (χ2n) is 13.3. The van der Waals surface area contributed by atoms with Gasteiger partial charge in [-0.1, -0.05) is 74.0 Å². The summed E-state index contributed by atoms with van der Waals surface area (Å²) in [6, 6.07) is 33.8. The van der Waals surface area contributed by atoms with Crippen molar-refractivity contribution in [3.05, 3.63) is 109 Å². The van der Waals surface area contributed by atoms with Crippen molar-refractivity contribution in [2.24, 2.45) is 11.8 Å². The summed E-state index contributed by atoms with van der Waals surface area (Å²) in [7, 11) is 1.71. The molecular formula is C41H41N5OS. The van der Waals surface area contributed by atoms with Gasteiger partial charge in [0.25, 0.3) is 0 Å². The predicted octanol–water partition coefficient (Wildman–Crippen LogP) is 8.95. The highest BCUT2D eigenvalue weighted by Crippen LogP contribution is 2.45. The first kappa shape index (κ1) is 30.6. The summed E-state index contributed by atoms with van der Waals surface area (Å²) in [5, 5.41) is 13.7. The van der Waals surface area contributed by atoms with Crippen molar-refractivity contribution in [2.75, 3.05) is 31.2 Å². The molecule has 0 saturated carbocycles. The molecule has 242 valence electrons. The molecule has 6 aromatic rings. The average Bonchev–Trinajstić information content (AvgIpc) is 3.13. The number of nitrogens with one attached hydrogen (secondary N) is 2. The first-order valence-electron chi connectivity index (χ1n) is 17.1. The second-order valence-corrected chi connectivity index (χ2v) is 13.7. The Morgan fingerprint density at radius 2 is 1.69 bits per heavy atom. The zero-order valence-electron chi connectivity index (χ0n) is 27.4. The first-order chi connectivity index (χ1) is 23.5. The van der Waals surface area contributed by atoms with Crippen LogP contribution in [0.3, 0.4) is 0 Å². The standard InChI is InChI=1S/C41H41N5OS/c1-3-25-24-46-21-19-28(25)22-37(46)40(32-18-20-43-35-17-14-29(47-2)23-33(32)35)45-41(48)44-36-16-13-27-9-5-7-11-31(27)39(36)38-30-10-6-4-8-26(30)12-15-34(38)42/h4-18,20,23,25,28,37,40H,3,19,21-22,24,42H2,1-2H3,(H2,44,45,48)/t25-,28+,37+,40+/m1/s1. The van der Waals surface area contributed by atoms with Gasteiger partial charge in [-0.25, -0.2) is 0 Å². The van der Waals surface area contributed by atoms with Crippen LogP contribution in [-0.4, -0.2) is 41.2 Å². The Labute approximate surface area is 287 Å². The van der Waals surface area contributed by atoms with E-state index in [0.717, 1.165) is 92.0 Å². The Balaban J connectivity index is 1.22. The molecule has 3 fully saturated rings. The molecule has 7 heteroatoms. The van der Waals surface area contributed by atoms with Crippen LogP contribution in [0.25, 0.3) is 43.6 Å². The van der Waals surface area contributed by atoms with Gasteiger partial charge in [-0.15, -0.1) is 0 Å². The molecule has 1 unspecified atom stereocenters. The van der Waals surface area contributed by atoms with Gasteiger partial charge in [0.1, 0.15) is 5.75 Å². The third-order valence-corrected chi connectivity index (χ3v) is 11.1. The van der Waals surface area contributed by atoms with Crippen molar-refractivity contribution in [3.8, 4) is 16.9 Å². The maximum absolute atomic E-state index is 6.80. The Morgan fingerprint density at radius 3 is 2.42 bits per heavy atom. The quantitative estimate of drug-likeness (QED) is 0.118. The molecule has 0 radical (unpaired) electrons. The molecule has 6 nitrogen and oxygen atoms in total. The van der Waals surface area contributed by atoms with E-state index in [1.165, 1.54) is 18.4 Å². The van der Waals surface area contributed by atoms with Gasteiger partial charge in [-0.3, -0.25) is 9.88 Å². The lowest BCUT2D eigenvalue weighted by Crippen LogP contribution is -2.58. The molecule has 3 aliphatic rings.